The molecule has 6 nitrogen and oxygen atoms in total. The lowest BCUT2D eigenvalue weighted by Gasteiger charge is -2.24. The predicted molar refractivity (Wildman–Crippen MR) is 112 cm³/mol. The Balaban J connectivity index is 2.02. The van der Waals surface area contributed by atoms with Crippen molar-refractivity contribution in [2.45, 2.75) is 58.3 Å². The Labute approximate surface area is 172 Å². The third kappa shape index (κ3) is 6.22. The number of carbonyl (C=O) groups excluding carboxylic acids is 1. The normalized spacial score (nSPS) is 12.3. The van der Waals surface area contributed by atoms with Crippen LogP contribution < -0.4 is 13.7 Å². The lowest BCUT2D eigenvalue weighted by molar-refractivity contribution is 0.0734. The van der Waals surface area contributed by atoms with E-state index in [2.05, 4.69) is 0 Å². The molecule has 2 rings (SSSR count). The minimum Gasteiger partial charge on any atom is -0.488 e. The molecule has 0 atom stereocenters. The summed E-state index contributed by atoms with van der Waals surface area (Å²) in [5.41, 5.74) is 0.0917. The zero-order chi connectivity index (χ0) is 21.9. The van der Waals surface area contributed by atoms with E-state index >= 15 is 0 Å². The van der Waals surface area contributed by atoms with E-state index in [4.69, 9.17) is 13.7 Å². The van der Waals surface area contributed by atoms with Crippen molar-refractivity contribution >= 4 is 16.1 Å². The van der Waals surface area contributed by atoms with E-state index in [9.17, 15) is 13.2 Å². The first-order chi connectivity index (χ1) is 13.3. The first-order valence-corrected chi connectivity index (χ1v) is 10.8. The molecule has 0 fully saturated rings. The summed E-state index contributed by atoms with van der Waals surface area (Å²) in [5.74, 6) is 0.583. The van der Waals surface area contributed by atoms with E-state index in [1.54, 1.807) is 45.0 Å². The van der Waals surface area contributed by atoms with Crippen molar-refractivity contribution in [3.05, 3.63) is 54.1 Å². The molecule has 2 aromatic rings. The van der Waals surface area contributed by atoms with E-state index in [1.165, 1.54) is 24.3 Å². The Morgan fingerprint density at radius 1 is 0.828 bits per heavy atom. The van der Waals surface area contributed by atoms with Crippen molar-refractivity contribution in [2.24, 2.45) is 0 Å². The third-order valence-electron chi connectivity index (χ3n) is 4.33. The Bertz CT molecular complexity index is 936. The van der Waals surface area contributed by atoms with Gasteiger partial charge in [0.15, 0.2) is 0 Å². The molecular weight excluding hydrogens is 392 g/mol. The van der Waals surface area contributed by atoms with Crippen molar-refractivity contribution in [3.8, 4) is 17.2 Å². The number of hydrogen-bond acceptors (Lipinski definition) is 6. The summed E-state index contributed by atoms with van der Waals surface area (Å²) in [5, 5.41) is 0. The van der Waals surface area contributed by atoms with Crippen LogP contribution in [-0.2, 0) is 10.1 Å². The van der Waals surface area contributed by atoms with Gasteiger partial charge in [0.2, 0.25) is 0 Å². The van der Waals surface area contributed by atoms with Crippen LogP contribution in [0.3, 0.4) is 0 Å². The Hall–Kier alpha value is -2.54. The molecule has 2 aromatic carbocycles. The van der Waals surface area contributed by atoms with Crippen molar-refractivity contribution in [1.82, 2.24) is 0 Å². The van der Waals surface area contributed by atoms with Gasteiger partial charge in [-0.1, -0.05) is 6.92 Å². The molecule has 0 aliphatic heterocycles. The number of ether oxygens (including phenoxy) is 2. The average molecular weight is 421 g/mol. The molecule has 0 aliphatic rings. The fraction of sp³-hybridized carbons (Fsp3) is 0.409. The van der Waals surface area contributed by atoms with Crippen molar-refractivity contribution < 1.29 is 26.9 Å². The standard InChI is InChI=1S/C22H28O6S/c1-7-22(5,6)27-18-10-8-16(9-11-18)20(23)26-17-12-14-19(15-13-17)28-29(24,25)21(2,3)4/h8-15H,7H2,1-6H3. The quantitative estimate of drug-likeness (QED) is 0.357. The minimum absolute atomic E-state index is 0.153. The fourth-order valence-electron chi connectivity index (χ4n) is 2.03. The van der Waals surface area contributed by atoms with Crippen LogP contribution in [0.1, 0.15) is 58.3 Å². The molecule has 0 aromatic heterocycles. The lowest BCUT2D eigenvalue weighted by Crippen LogP contribution is -2.32. The molecule has 0 radical (unpaired) electrons. The van der Waals surface area contributed by atoms with Gasteiger partial charge in [0.1, 0.15) is 22.8 Å². The first kappa shape index (κ1) is 22.7. The SMILES string of the molecule is CCC(C)(C)Oc1ccc(C(=O)Oc2ccc(OS(=O)(=O)C(C)(C)C)cc2)cc1. The number of rotatable bonds is 7. The van der Waals surface area contributed by atoms with Gasteiger partial charge >= 0.3 is 16.1 Å². The van der Waals surface area contributed by atoms with Crippen LogP contribution in [-0.4, -0.2) is 24.7 Å². The molecule has 0 amide bonds. The van der Waals surface area contributed by atoms with E-state index in [0.29, 0.717) is 11.3 Å². The van der Waals surface area contributed by atoms with Crippen LogP contribution in [0.5, 0.6) is 17.2 Å². The summed E-state index contributed by atoms with van der Waals surface area (Å²) in [6.07, 6.45) is 0.855. The van der Waals surface area contributed by atoms with Gasteiger partial charge in [-0.15, -0.1) is 0 Å². The van der Waals surface area contributed by atoms with Crippen LogP contribution in [0.4, 0.5) is 0 Å². The zero-order valence-corrected chi connectivity index (χ0v) is 18.5. The van der Waals surface area contributed by atoms with Crippen LogP contribution in [0, 0.1) is 0 Å². The van der Waals surface area contributed by atoms with E-state index in [-0.39, 0.29) is 17.1 Å². The lowest BCUT2D eigenvalue weighted by atomic mass is 10.1. The topological polar surface area (TPSA) is 78.9 Å². The highest BCUT2D eigenvalue weighted by atomic mass is 32.2. The van der Waals surface area contributed by atoms with Gasteiger partial charge < -0.3 is 13.7 Å². The molecule has 0 aliphatic carbocycles. The van der Waals surface area contributed by atoms with Gasteiger partial charge in [-0.2, -0.15) is 8.42 Å². The van der Waals surface area contributed by atoms with Crippen LogP contribution in [0.2, 0.25) is 0 Å². The Kier molecular flexibility index (Phi) is 6.63. The summed E-state index contributed by atoms with van der Waals surface area (Å²) in [6, 6.07) is 12.6. The molecule has 0 heterocycles. The number of hydrogen-bond donors (Lipinski definition) is 0. The molecule has 0 spiro atoms. The summed E-state index contributed by atoms with van der Waals surface area (Å²) in [7, 11) is -3.77. The van der Waals surface area contributed by atoms with Gasteiger partial charge in [0.25, 0.3) is 0 Å². The molecule has 0 N–H and O–H groups in total. The molecule has 158 valence electrons. The second-order valence-electron chi connectivity index (χ2n) is 8.25. The number of carbonyl (C=O) groups is 1. The zero-order valence-electron chi connectivity index (χ0n) is 17.7. The summed E-state index contributed by atoms with van der Waals surface area (Å²) in [4.78, 5) is 12.3. The van der Waals surface area contributed by atoms with E-state index in [0.717, 1.165) is 6.42 Å². The monoisotopic (exact) mass is 420 g/mol. The fourth-order valence-corrected chi connectivity index (χ4v) is 2.65. The predicted octanol–water partition coefficient (Wildman–Crippen LogP) is 4.98. The van der Waals surface area contributed by atoms with Gasteiger partial charge in [-0.25, -0.2) is 4.79 Å². The van der Waals surface area contributed by atoms with Crippen LogP contribution in [0.15, 0.2) is 48.5 Å². The number of benzene rings is 2. The van der Waals surface area contributed by atoms with Crippen molar-refractivity contribution in [3.63, 3.8) is 0 Å². The maximum absolute atomic E-state index is 12.3. The molecule has 0 bridgehead atoms. The minimum atomic E-state index is -3.77. The molecule has 0 unspecified atom stereocenters. The molecule has 0 saturated heterocycles. The molecule has 29 heavy (non-hydrogen) atoms. The van der Waals surface area contributed by atoms with Crippen molar-refractivity contribution in [1.29, 1.82) is 0 Å². The van der Waals surface area contributed by atoms with Gasteiger partial charge in [0, 0.05) is 0 Å². The van der Waals surface area contributed by atoms with Crippen molar-refractivity contribution in [2.75, 3.05) is 0 Å². The molecule has 0 saturated carbocycles. The second kappa shape index (κ2) is 8.45. The highest BCUT2D eigenvalue weighted by molar-refractivity contribution is 7.88. The molecular formula is C22H28O6S. The largest absolute Gasteiger partial charge is 0.488 e. The Morgan fingerprint density at radius 2 is 1.31 bits per heavy atom. The van der Waals surface area contributed by atoms with E-state index in [1.807, 2.05) is 20.8 Å². The second-order valence-corrected chi connectivity index (χ2v) is 10.6. The highest BCUT2D eigenvalue weighted by Gasteiger charge is 2.31. The Morgan fingerprint density at radius 3 is 1.79 bits per heavy atom. The summed E-state index contributed by atoms with van der Waals surface area (Å²) < 4.78 is 39.4. The maximum atomic E-state index is 12.3. The summed E-state index contributed by atoms with van der Waals surface area (Å²) >= 11 is 0. The van der Waals surface area contributed by atoms with Crippen LogP contribution in [0.25, 0.3) is 0 Å². The average Bonchev–Trinajstić information content (AvgIpc) is 2.62. The first-order valence-electron chi connectivity index (χ1n) is 9.38. The maximum Gasteiger partial charge on any atom is 0.343 e. The van der Waals surface area contributed by atoms with Gasteiger partial charge in [0.05, 0.1) is 10.3 Å². The van der Waals surface area contributed by atoms with Crippen LogP contribution >= 0.6 is 0 Å². The number of esters is 1. The van der Waals surface area contributed by atoms with Gasteiger partial charge in [-0.05, 0) is 89.6 Å². The third-order valence-corrected chi connectivity index (χ3v) is 6.24. The highest BCUT2D eigenvalue weighted by Crippen LogP contribution is 2.25. The molecule has 7 heteroatoms. The summed E-state index contributed by atoms with van der Waals surface area (Å²) in [6.45, 7) is 10.7. The smallest absolute Gasteiger partial charge is 0.343 e. The van der Waals surface area contributed by atoms with E-state index < -0.39 is 20.8 Å². The van der Waals surface area contributed by atoms with Gasteiger partial charge in [-0.3, -0.25) is 0 Å².